The number of fused-ring (bicyclic) bond motifs is 1. The fourth-order valence-electron chi connectivity index (χ4n) is 2.50. The van der Waals surface area contributed by atoms with Gasteiger partial charge in [0.1, 0.15) is 0 Å². The van der Waals surface area contributed by atoms with Crippen LogP contribution in [0.15, 0.2) is 48.9 Å². The zero-order valence-corrected chi connectivity index (χ0v) is 13.5. The van der Waals surface area contributed by atoms with E-state index in [1.165, 1.54) is 0 Å². The number of aromatic nitrogens is 3. The van der Waals surface area contributed by atoms with Crippen LogP contribution < -0.4 is 5.32 Å². The minimum Gasteiger partial charge on any atom is -0.350 e. The highest BCUT2D eigenvalue weighted by Gasteiger charge is 2.11. The molecule has 0 spiro atoms. The van der Waals surface area contributed by atoms with Crippen LogP contribution in [0.4, 0.5) is 0 Å². The van der Waals surface area contributed by atoms with E-state index in [1.807, 2.05) is 37.3 Å². The van der Waals surface area contributed by atoms with E-state index in [2.05, 4.69) is 15.4 Å². The number of aryl methyl sites for hydroxylation is 1. The van der Waals surface area contributed by atoms with Crippen LogP contribution in [-0.4, -0.2) is 20.7 Å². The van der Waals surface area contributed by atoms with Gasteiger partial charge in [-0.2, -0.15) is 5.10 Å². The van der Waals surface area contributed by atoms with Crippen molar-refractivity contribution < 1.29 is 4.79 Å². The highest BCUT2D eigenvalue weighted by atomic mass is 35.5. The quantitative estimate of drug-likeness (QED) is 0.781. The van der Waals surface area contributed by atoms with Gasteiger partial charge >= 0.3 is 0 Å². The second-order valence-electron chi connectivity index (χ2n) is 5.36. The molecule has 3 rings (SSSR count). The van der Waals surface area contributed by atoms with Crippen molar-refractivity contribution in [2.45, 2.75) is 25.9 Å². The molecule has 1 N–H and O–H groups in total. The minimum atomic E-state index is -0.0469. The van der Waals surface area contributed by atoms with Gasteiger partial charge in [0, 0.05) is 24.2 Å². The van der Waals surface area contributed by atoms with E-state index in [0.717, 1.165) is 16.5 Å². The molecule has 0 radical (unpaired) electrons. The van der Waals surface area contributed by atoms with Crippen LogP contribution in [0.1, 0.15) is 24.9 Å². The van der Waals surface area contributed by atoms with Crippen molar-refractivity contribution in [3.63, 3.8) is 0 Å². The van der Waals surface area contributed by atoms with Crippen LogP contribution in [-0.2, 0) is 11.3 Å². The Morgan fingerprint density at radius 1 is 1.30 bits per heavy atom. The van der Waals surface area contributed by atoms with E-state index in [4.69, 9.17) is 11.6 Å². The van der Waals surface area contributed by atoms with Gasteiger partial charge in [-0.25, -0.2) is 0 Å². The maximum atomic E-state index is 12.1. The Hall–Kier alpha value is -2.40. The van der Waals surface area contributed by atoms with Gasteiger partial charge in [0.15, 0.2) is 0 Å². The lowest BCUT2D eigenvalue weighted by Gasteiger charge is -2.14. The van der Waals surface area contributed by atoms with E-state index in [9.17, 15) is 4.79 Å². The summed E-state index contributed by atoms with van der Waals surface area (Å²) in [7, 11) is 0. The average Bonchev–Trinajstić information content (AvgIpc) is 2.98. The molecule has 1 amide bonds. The Morgan fingerprint density at radius 3 is 2.87 bits per heavy atom. The highest BCUT2D eigenvalue weighted by Crippen LogP contribution is 2.22. The Kier molecular flexibility index (Phi) is 4.57. The highest BCUT2D eigenvalue weighted by molar-refractivity contribution is 6.35. The largest absolute Gasteiger partial charge is 0.350 e. The Bertz CT molecular complexity index is 816. The number of hydrogen-bond donors (Lipinski definition) is 1. The predicted octanol–water partition coefficient (Wildman–Crippen LogP) is 3.35. The topological polar surface area (TPSA) is 59.8 Å². The summed E-state index contributed by atoms with van der Waals surface area (Å²) >= 11 is 6.13. The van der Waals surface area contributed by atoms with Crippen LogP contribution >= 0.6 is 11.6 Å². The van der Waals surface area contributed by atoms with Crippen molar-refractivity contribution in [3.05, 3.63) is 59.5 Å². The molecule has 0 bridgehead atoms. The number of amides is 1. The van der Waals surface area contributed by atoms with Gasteiger partial charge < -0.3 is 5.32 Å². The van der Waals surface area contributed by atoms with Crippen molar-refractivity contribution >= 4 is 28.4 Å². The summed E-state index contributed by atoms with van der Waals surface area (Å²) in [5, 5.41) is 8.87. The van der Waals surface area contributed by atoms with Gasteiger partial charge in [-0.05, 0) is 36.8 Å². The van der Waals surface area contributed by atoms with Gasteiger partial charge in [-0.1, -0.05) is 17.7 Å². The zero-order chi connectivity index (χ0) is 16.2. The van der Waals surface area contributed by atoms with E-state index in [-0.39, 0.29) is 11.9 Å². The summed E-state index contributed by atoms with van der Waals surface area (Å²) in [5.41, 5.74) is 1.97. The first-order valence-corrected chi connectivity index (χ1v) is 7.82. The molecule has 0 aliphatic heterocycles. The number of nitrogens with one attached hydrogen (secondary N) is 1. The number of halogens is 1. The molecule has 23 heavy (non-hydrogen) atoms. The Balaban J connectivity index is 1.61. The van der Waals surface area contributed by atoms with Crippen molar-refractivity contribution in [3.8, 4) is 0 Å². The van der Waals surface area contributed by atoms with Crippen molar-refractivity contribution in [1.82, 2.24) is 20.1 Å². The van der Waals surface area contributed by atoms with Gasteiger partial charge in [-0.15, -0.1) is 0 Å². The molecular weight excluding hydrogens is 312 g/mol. The van der Waals surface area contributed by atoms with Gasteiger partial charge in [0.25, 0.3) is 0 Å². The first kappa shape index (κ1) is 15.5. The fraction of sp³-hybridized carbons (Fsp3) is 0.235. The van der Waals surface area contributed by atoms with Gasteiger partial charge in [-0.3, -0.25) is 14.5 Å². The van der Waals surface area contributed by atoms with Crippen LogP contribution in [0.2, 0.25) is 5.02 Å². The molecule has 2 aromatic heterocycles. The van der Waals surface area contributed by atoms with Crippen LogP contribution in [0.5, 0.6) is 0 Å². The number of hydrogen-bond acceptors (Lipinski definition) is 3. The van der Waals surface area contributed by atoms with Gasteiger partial charge in [0.05, 0.1) is 29.3 Å². The molecule has 0 saturated heterocycles. The van der Waals surface area contributed by atoms with Gasteiger partial charge in [0.2, 0.25) is 5.91 Å². The van der Waals surface area contributed by atoms with E-state index in [0.29, 0.717) is 18.0 Å². The molecule has 2 heterocycles. The standard InChI is InChI=1S/C17H17ClN4O/c1-12(13-5-8-19-9-6-13)21-17(23)7-10-22-16-4-2-3-15(18)14(16)11-20-22/h2-6,8-9,11-12H,7,10H2,1H3,(H,21,23)/t12-/m0/s1. The lowest BCUT2D eigenvalue weighted by molar-refractivity contribution is -0.122. The van der Waals surface area contributed by atoms with E-state index >= 15 is 0 Å². The third kappa shape index (κ3) is 3.51. The molecule has 118 valence electrons. The molecular formula is C17H17ClN4O. The molecule has 0 fully saturated rings. The summed E-state index contributed by atoms with van der Waals surface area (Å²) in [6.07, 6.45) is 5.53. The zero-order valence-electron chi connectivity index (χ0n) is 12.7. The lowest BCUT2D eigenvalue weighted by Crippen LogP contribution is -2.27. The monoisotopic (exact) mass is 328 g/mol. The number of rotatable bonds is 5. The number of pyridine rings is 1. The number of carbonyl (C=O) groups excluding carboxylic acids is 1. The Morgan fingerprint density at radius 2 is 2.09 bits per heavy atom. The molecule has 6 heteroatoms. The van der Waals surface area contributed by atoms with E-state index < -0.39 is 0 Å². The SMILES string of the molecule is C[C@H](NC(=O)CCn1ncc2c(Cl)cccc21)c1ccncc1. The molecule has 1 aromatic carbocycles. The molecule has 5 nitrogen and oxygen atoms in total. The molecule has 0 aliphatic carbocycles. The number of benzene rings is 1. The molecule has 1 atom stereocenters. The van der Waals surface area contributed by atoms with Crippen LogP contribution in [0, 0.1) is 0 Å². The fourth-order valence-corrected chi connectivity index (χ4v) is 2.72. The third-order valence-corrected chi connectivity index (χ3v) is 4.10. The van der Waals surface area contributed by atoms with Crippen LogP contribution in [0.25, 0.3) is 10.9 Å². The second kappa shape index (κ2) is 6.79. The van der Waals surface area contributed by atoms with Crippen molar-refractivity contribution in [2.24, 2.45) is 0 Å². The number of carbonyl (C=O) groups is 1. The van der Waals surface area contributed by atoms with Crippen molar-refractivity contribution in [2.75, 3.05) is 0 Å². The maximum Gasteiger partial charge on any atom is 0.222 e. The summed E-state index contributed by atoms with van der Waals surface area (Å²) in [4.78, 5) is 16.1. The van der Waals surface area contributed by atoms with Crippen LogP contribution in [0.3, 0.4) is 0 Å². The molecule has 0 unspecified atom stereocenters. The van der Waals surface area contributed by atoms with E-state index in [1.54, 1.807) is 23.3 Å². The summed E-state index contributed by atoms with van der Waals surface area (Å²) in [5.74, 6) is -0.0139. The smallest absolute Gasteiger partial charge is 0.222 e. The summed E-state index contributed by atoms with van der Waals surface area (Å²) in [6.45, 7) is 2.47. The minimum absolute atomic E-state index is 0.0139. The molecule has 3 aromatic rings. The second-order valence-corrected chi connectivity index (χ2v) is 5.77. The lowest BCUT2D eigenvalue weighted by atomic mass is 10.1. The summed E-state index contributed by atoms with van der Waals surface area (Å²) in [6, 6.07) is 9.41. The normalized spacial score (nSPS) is 12.3. The Labute approximate surface area is 139 Å². The maximum absolute atomic E-state index is 12.1. The predicted molar refractivity (Wildman–Crippen MR) is 90.2 cm³/mol. The first-order chi connectivity index (χ1) is 11.1. The van der Waals surface area contributed by atoms with Crippen molar-refractivity contribution in [1.29, 1.82) is 0 Å². The molecule has 0 aliphatic rings. The third-order valence-electron chi connectivity index (χ3n) is 3.77. The molecule has 0 saturated carbocycles. The first-order valence-electron chi connectivity index (χ1n) is 7.44. The number of nitrogens with zero attached hydrogens (tertiary/aromatic N) is 3. The summed E-state index contributed by atoms with van der Waals surface area (Å²) < 4.78 is 1.80. The average molecular weight is 329 g/mol.